The third-order valence-electron chi connectivity index (χ3n) is 3.10. The highest BCUT2D eigenvalue weighted by molar-refractivity contribution is 5.77. The van der Waals surface area contributed by atoms with Gasteiger partial charge < -0.3 is 4.90 Å². The Bertz CT molecular complexity index is 452. The van der Waals surface area contributed by atoms with Gasteiger partial charge in [-0.3, -0.25) is 4.79 Å². The van der Waals surface area contributed by atoms with Crippen LogP contribution < -0.4 is 4.90 Å². The Morgan fingerprint density at radius 1 is 1.39 bits per heavy atom. The third-order valence-corrected chi connectivity index (χ3v) is 3.10. The maximum absolute atomic E-state index is 13.0. The van der Waals surface area contributed by atoms with Gasteiger partial charge in [0.1, 0.15) is 6.29 Å². The molecule has 0 bridgehead atoms. The van der Waals surface area contributed by atoms with E-state index >= 15 is 0 Å². The molecule has 1 aromatic carbocycles. The van der Waals surface area contributed by atoms with Crippen molar-refractivity contribution in [2.24, 2.45) is 0 Å². The molecule has 0 spiro atoms. The van der Waals surface area contributed by atoms with Gasteiger partial charge in [-0.2, -0.15) is 13.2 Å². The summed E-state index contributed by atoms with van der Waals surface area (Å²) in [5, 5.41) is 0. The SMILES string of the molecule is CCN(c1ccc(C=O)cc1C(F)(F)F)C1CC1. The summed E-state index contributed by atoms with van der Waals surface area (Å²) >= 11 is 0. The van der Waals surface area contributed by atoms with E-state index in [1.54, 1.807) is 4.90 Å². The van der Waals surface area contributed by atoms with Crippen molar-refractivity contribution in [2.45, 2.75) is 32.0 Å². The zero-order chi connectivity index (χ0) is 13.3. The van der Waals surface area contributed by atoms with Crippen molar-refractivity contribution >= 4 is 12.0 Å². The van der Waals surface area contributed by atoms with Crippen molar-refractivity contribution in [3.8, 4) is 0 Å². The topological polar surface area (TPSA) is 20.3 Å². The van der Waals surface area contributed by atoms with Crippen LogP contribution in [-0.2, 0) is 6.18 Å². The van der Waals surface area contributed by atoms with E-state index in [2.05, 4.69) is 0 Å². The van der Waals surface area contributed by atoms with Gasteiger partial charge in [0, 0.05) is 23.8 Å². The second kappa shape index (κ2) is 4.63. The highest BCUT2D eigenvalue weighted by atomic mass is 19.4. The summed E-state index contributed by atoms with van der Waals surface area (Å²) in [4.78, 5) is 12.4. The van der Waals surface area contributed by atoms with Crippen molar-refractivity contribution in [3.63, 3.8) is 0 Å². The number of carbonyl (C=O) groups excluding carboxylic acids is 1. The molecule has 2 nitrogen and oxygen atoms in total. The number of nitrogens with zero attached hydrogens (tertiary/aromatic N) is 1. The van der Waals surface area contributed by atoms with Crippen LogP contribution in [0.2, 0.25) is 0 Å². The Balaban J connectivity index is 2.47. The highest BCUT2D eigenvalue weighted by Gasteiger charge is 2.38. The first-order chi connectivity index (χ1) is 8.47. The molecular formula is C13H14F3NO. The monoisotopic (exact) mass is 257 g/mol. The molecule has 18 heavy (non-hydrogen) atoms. The summed E-state index contributed by atoms with van der Waals surface area (Å²) < 4.78 is 39.0. The lowest BCUT2D eigenvalue weighted by Gasteiger charge is -2.26. The summed E-state index contributed by atoms with van der Waals surface area (Å²) in [6.45, 7) is 2.38. The quantitative estimate of drug-likeness (QED) is 0.769. The van der Waals surface area contributed by atoms with Crippen LogP contribution in [0.4, 0.5) is 18.9 Å². The molecule has 1 fully saturated rings. The van der Waals surface area contributed by atoms with Crippen LogP contribution in [0.15, 0.2) is 18.2 Å². The van der Waals surface area contributed by atoms with Crippen molar-refractivity contribution in [2.75, 3.05) is 11.4 Å². The van der Waals surface area contributed by atoms with Gasteiger partial charge in [0.25, 0.3) is 0 Å². The second-order valence-electron chi connectivity index (χ2n) is 4.41. The van der Waals surface area contributed by atoms with E-state index in [1.165, 1.54) is 12.1 Å². The summed E-state index contributed by atoms with van der Waals surface area (Å²) in [6.07, 6.45) is -2.13. The number of alkyl halides is 3. The number of rotatable bonds is 4. The first-order valence-electron chi connectivity index (χ1n) is 5.90. The largest absolute Gasteiger partial charge is 0.418 e. The fraction of sp³-hybridized carbons (Fsp3) is 0.462. The zero-order valence-electron chi connectivity index (χ0n) is 10.00. The van der Waals surface area contributed by atoms with E-state index in [0.717, 1.165) is 18.9 Å². The molecule has 1 aliphatic rings. The molecule has 5 heteroatoms. The van der Waals surface area contributed by atoms with Gasteiger partial charge >= 0.3 is 6.18 Å². The van der Waals surface area contributed by atoms with Crippen LogP contribution in [0.5, 0.6) is 0 Å². The Kier molecular flexibility index (Phi) is 3.32. The maximum atomic E-state index is 13.0. The van der Waals surface area contributed by atoms with Crippen LogP contribution in [-0.4, -0.2) is 18.9 Å². The van der Waals surface area contributed by atoms with Gasteiger partial charge in [-0.25, -0.2) is 0 Å². The van der Waals surface area contributed by atoms with Crippen LogP contribution in [0, 0.1) is 0 Å². The molecule has 0 heterocycles. The van der Waals surface area contributed by atoms with Crippen molar-refractivity contribution < 1.29 is 18.0 Å². The Labute approximate surface area is 103 Å². The lowest BCUT2D eigenvalue weighted by atomic mass is 10.1. The predicted octanol–water partition coefficient (Wildman–Crippen LogP) is 3.51. The molecule has 0 aromatic heterocycles. The summed E-state index contributed by atoms with van der Waals surface area (Å²) in [7, 11) is 0. The van der Waals surface area contributed by atoms with E-state index in [9.17, 15) is 18.0 Å². The molecule has 0 radical (unpaired) electrons. The fourth-order valence-corrected chi connectivity index (χ4v) is 2.12. The maximum Gasteiger partial charge on any atom is 0.418 e. The fourth-order valence-electron chi connectivity index (χ4n) is 2.12. The average Bonchev–Trinajstić information content (AvgIpc) is 3.13. The minimum Gasteiger partial charge on any atom is -0.368 e. The van der Waals surface area contributed by atoms with Crippen molar-refractivity contribution in [1.82, 2.24) is 0 Å². The summed E-state index contributed by atoms with van der Waals surface area (Å²) in [5.74, 6) is 0. The number of aldehydes is 1. The first-order valence-corrected chi connectivity index (χ1v) is 5.90. The third kappa shape index (κ3) is 2.49. The molecule has 98 valence electrons. The molecule has 0 N–H and O–H groups in total. The first kappa shape index (κ1) is 12.9. The zero-order valence-corrected chi connectivity index (χ0v) is 10.00. The second-order valence-corrected chi connectivity index (χ2v) is 4.41. The van der Waals surface area contributed by atoms with Crippen molar-refractivity contribution in [1.29, 1.82) is 0 Å². The minimum absolute atomic E-state index is 0.0536. The van der Waals surface area contributed by atoms with Gasteiger partial charge in [-0.05, 0) is 38.0 Å². The average molecular weight is 257 g/mol. The van der Waals surface area contributed by atoms with E-state index in [4.69, 9.17) is 0 Å². The molecular weight excluding hydrogens is 243 g/mol. The van der Waals surface area contributed by atoms with Gasteiger partial charge in [0.2, 0.25) is 0 Å². The number of hydrogen-bond acceptors (Lipinski definition) is 2. The standard InChI is InChI=1S/C13H14F3NO/c1-2-17(10-4-5-10)12-6-3-9(8-18)7-11(12)13(14,15)16/h3,6-8,10H,2,4-5H2,1H3. The number of anilines is 1. The molecule has 0 aliphatic heterocycles. The van der Waals surface area contributed by atoms with Gasteiger partial charge in [0.15, 0.2) is 0 Å². The summed E-state index contributed by atoms with van der Waals surface area (Å²) in [5.41, 5.74) is -0.489. The lowest BCUT2D eigenvalue weighted by molar-refractivity contribution is -0.137. The van der Waals surface area contributed by atoms with E-state index in [1.807, 2.05) is 6.92 Å². The van der Waals surface area contributed by atoms with Gasteiger partial charge in [-0.1, -0.05) is 0 Å². The highest BCUT2D eigenvalue weighted by Crippen LogP contribution is 2.40. The molecule has 0 atom stereocenters. The molecule has 0 unspecified atom stereocenters. The molecule has 0 amide bonds. The number of hydrogen-bond donors (Lipinski definition) is 0. The summed E-state index contributed by atoms with van der Waals surface area (Å²) in [6, 6.07) is 3.96. The molecule has 1 saturated carbocycles. The van der Waals surface area contributed by atoms with Crippen LogP contribution in [0.1, 0.15) is 35.7 Å². The number of halogens is 3. The predicted molar refractivity (Wildman–Crippen MR) is 62.9 cm³/mol. The van der Waals surface area contributed by atoms with E-state index < -0.39 is 11.7 Å². The number of carbonyl (C=O) groups is 1. The van der Waals surface area contributed by atoms with Crippen molar-refractivity contribution in [3.05, 3.63) is 29.3 Å². The molecule has 2 rings (SSSR count). The van der Waals surface area contributed by atoms with Gasteiger partial charge in [0.05, 0.1) is 5.56 Å². The van der Waals surface area contributed by atoms with Crippen LogP contribution in [0.25, 0.3) is 0 Å². The molecule has 0 saturated heterocycles. The minimum atomic E-state index is -4.43. The Morgan fingerprint density at radius 3 is 2.50 bits per heavy atom. The Hall–Kier alpha value is -1.52. The normalized spacial score (nSPS) is 15.6. The van der Waals surface area contributed by atoms with Gasteiger partial charge in [-0.15, -0.1) is 0 Å². The van der Waals surface area contributed by atoms with E-state index in [-0.39, 0.29) is 17.3 Å². The molecule has 1 aliphatic carbocycles. The van der Waals surface area contributed by atoms with Crippen LogP contribution in [0.3, 0.4) is 0 Å². The van der Waals surface area contributed by atoms with E-state index in [0.29, 0.717) is 12.8 Å². The lowest BCUT2D eigenvalue weighted by Crippen LogP contribution is -2.27. The van der Waals surface area contributed by atoms with Crippen LogP contribution >= 0.6 is 0 Å². The number of benzene rings is 1. The molecule has 1 aromatic rings. The smallest absolute Gasteiger partial charge is 0.368 e. The Morgan fingerprint density at radius 2 is 2.06 bits per heavy atom.